The molecule has 1 fully saturated rings. The van der Waals surface area contributed by atoms with Gasteiger partial charge in [-0.3, -0.25) is 4.79 Å². The molecule has 0 bridgehead atoms. The molecule has 0 aliphatic carbocycles. The average molecular weight is 444 g/mol. The van der Waals surface area contributed by atoms with Crippen LogP contribution in [-0.4, -0.2) is 42.1 Å². The number of halogens is 3. The molecule has 4 nitrogen and oxygen atoms in total. The van der Waals surface area contributed by atoms with E-state index in [0.717, 1.165) is 10.2 Å². The van der Waals surface area contributed by atoms with Crippen LogP contribution >= 0.6 is 39.1 Å². The molecule has 3 rings (SSSR count). The number of carbonyl (C=O) groups excluding carboxylic acids is 1. The van der Waals surface area contributed by atoms with Gasteiger partial charge in [-0.15, -0.1) is 0 Å². The van der Waals surface area contributed by atoms with E-state index >= 15 is 0 Å². The highest BCUT2D eigenvalue weighted by Crippen LogP contribution is 2.30. The van der Waals surface area contributed by atoms with E-state index in [1.54, 1.807) is 35.2 Å². The van der Waals surface area contributed by atoms with E-state index in [9.17, 15) is 9.90 Å². The molecule has 2 aromatic rings. The molecule has 0 spiro atoms. The van der Waals surface area contributed by atoms with Crippen LogP contribution in [0, 0.1) is 0 Å². The number of hydrogen-bond donors (Lipinski definition) is 1. The number of aliphatic hydroxyl groups is 1. The summed E-state index contributed by atoms with van der Waals surface area (Å²) in [5.41, 5.74) is 1.49. The maximum Gasteiger partial charge on any atom is 0.256 e. The Morgan fingerprint density at radius 2 is 1.80 bits per heavy atom. The van der Waals surface area contributed by atoms with E-state index in [1.165, 1.54) is 0 Å². The Hall–Kier alpha value is -1.27. The predicted molar refractivity (Wildman–Crippen MR) is 104 cm³/mol. The van der Waals surface area contributed by atoms with Crippen LogP contribution in [0.25, 0.3) is 0 Å². The third kappa shape index (κ3) is 4.29. The van der Waals surface area contributed by atoms with Crippen molar-refractivity contribution in [2.75, 3.05) is 31.1 Å². The first-order valence-electron chi connectivity index (χ1n) is 7.88. The summed E-state index contributed by atoms with van der Waals surface area (Å²) in [4.78, 5) is 16.4. The number of rotatable bonds is 3. The van der Waals surface area contributed by atoms with Crippen LogP contribution in [0.2, 0.25) is 10.0 Å². The van der Waals surface area contributed by atoms with Crippen LogP contribution in [0.4, 0.5) is 5.69 Å². The average Bonchev–Trinajstić information content (AvgIpc) is 2.61. The van der Waals surface area contributed by atoms with E-state index in [-0.39, 0.29) is 5.91 Å². The summed E-state index contributed by atoms with van der Waals surface area (Å²) in [6, 6.07) is 12.6. The SMILES string of the molecule is O=C(C(O)c1cccc(Br)c1)N1CCN(c2ccc(Cl)cc2Cl)CC1. The lowest BCUT2D eigenvalue weighted by Crippen LogP contribution is -2.50. The van der Waals surface area contributed by atoms with Crippen molar-refractivity contribution < 1.29 is 9.90 Å². The normalized spacial score (nSPS) is 16.0. The molecule has 1 aliphatic heterocycles. The van der Waals surface area contributed by atoms with Crippen molar-refractivity contribution in [1.29, 1.82) is 0 Å². The largest absolute Gasteiger partial charge is 0.378 e. The number of nitrogens with zero attached hydrogens (tertiary/aromatic N) is 2. The fraction of sp³-hybridized carbons (Fsp3) is 0.278. The zero-order valence-corrected chi connectivity index (χ0v) is 16.4. The highest BCUT2D eigenvalue weighted by atomic mass is 79.9. The number of hydrogen-bond acceptors (Lipinski definition) is 3. The van der Waals surface area contributed by atoms with Crippen LogP contribution in [0.15, 0.2) is 46.9 Å². The number of piperazine rings is 1. The monoisotopic (exact) mass is 442 g/mol. The van der Waals surface area contributed by atoms with Crippen molar-refractivity contribution in [3.63, 3.8) is 0 Å². The molecule has 132 valence electrons. The second-order valence-corrected chi connectivity index (χ2v) is 7.62. The lowest BCUT2D eigenvalue weighted by Gasteiger charge is -2.37. The van der Waals surface area contributed by atoms with Gasteiger partial charge in [0, 0.05) is 35.7 Å². The molecule has 7 heteroatoms. The van der Waals surface area contributed by atoms with Crippen molar-refractivity contribution in [3.05, 3.63) is 62.5 Å². The van der Waals surface area contributed by atoms with Crippen LogP contribution < -0.4 is 4.90 Å². The highest BCUT2D eigenvalue weighted by Gasteiger charge is 2.27. The summed E-state index contributed by atoms with van der Waals surface area (Å²) >= 11 is 15.6. The Labute approximate surface area is 165 Å². The Morgan fingerprint density at radius 3 is 2.44 bits per heavy atom. The van der Waals surface area contributed by atoms with Crippen LogP contribution in [0.5, 0.6) is 0 Å². The number of amides is 1. The van der Waals surface area contributed by atoms with E-state index in [2.05, 4.69) is 20.8 Å². The van der Waals surface area contributed by atoms with Gasteiger partial charge in [-0.05, 0) is 35.9 Å². The highest BCUT2D eigenvalue weighted by molar-refractivity contribution is 9.10. The maximum atomic E-state index is 12.6. The van der Waals surface area contributed by atoms with Crippen LogP contribution in [0.3, 0.4) is 0 Å². The van der Waals surface area contributed by atoms with Crippen molar-refractivity contribution >= 4 is 50.7 Å². The van der Waals surface area contributed by atoms with Gasteiger partial charge in [0.1, 0.15) is 0 Å². The van der Waals surface area contributed by atoms with Gasteiger partial charge in [0.2, 0.25) is 0 Å². The van der Waals surface area contributed by atoms with Gasteiger partial charge in [0.25, 0.3) is 5.91 Å². The lowest BCUT2D eigenvalue weighted by molar-refractivity contribution is -0.140. The zero-order valence-electron chi connectivity index (χ0n) is 13.3. The van der Waals surface area contributed by atoms with Crippen molar-refractivity contribution in [2.45, 2.75) is 6.10 Å². The van der Waals surface area contributed by atoms with Crippen molar-refractivity contribution in [2.24, 2.45) is 0 Å². The van der Waals surface area contributed by atoms with Gasteiger partial charge in [0.05, 0.1) is 10.7 Å². The molecule has 0 aromatic heterocycles. The van der Waals surface area contributed by atoms with Crippen LogP contribution in [0.1, 0.15) is 11.7 Å². The summed E-state index contributed by atoms with van der Waals surface area (Å²) in [5, 5.41) is 11.6. The summed E-state index contributed by atoms with van der Waals surface area (Å²) in [5.74, 6) is -0.278. The van der Waals surface area contributed by atoms with Gasteiger partial charge in [-0.25, -0.2) is 0 Å². The molecule has 0 radical (unpaired) electrons. The Morgan fingerprint density at radius 1 is 1.08 bits per heavy atom. The fourth-order valence-electron chi connectivity index (χ4n) is 2.90. The first-order valence-corrected chi connectivity index (χ1v) is 9.43. The zero-order chi connectivity index (χ0) is 18.0. The summed E-state index contributed by atoms with van der Waals surface area (Å²) in [7, 11) is 0. The maximum absolute atomic E-state index is 12.6. The second-order valence-electron chi connectivity index (χ2n) is 5.87. The van der Waals surface area contributed by atoms with Crippen molar-refractivity contribution in [3.8, 4) is 0 Å². The minimum atomic E-state index is -1.15. The van der Waals surface area contributed by atoms with Gasteiger partial charge < -0.3 is 14.9 Å². The molecule has 2 aromatic carbocycles. The van der Waals surface area contributed by atoms with Gasteiger partial charge >= 0.3 is 0 Å². The second kappa shape index (κ2) is 7.96. The molecule has 1 heterocycles. The first-order chi connectivity index (χ1) is 12.0. The molecule has 1 atom stereocenters. The third-order valence-electron chi connectivity index (χ3n) is 4.24. The molecule has 25 heavy (non-hydrogen) atoms. The molecule has 1 saturated heterocycles. The van der Waals surface area contributed by atoms with Crippen LogP contribution in [-0.2, 0) is 4.79 Å². The molecule has 1 amide bonds. The Balaban J connectivity index is 1.64. The molecular formula is C18H17BrCl2N2O2. The predicted octanol–water partition coefficient (Wildman–Crippen LogP) is 4.14. The summed E-state index contributed by atoms with van der Waals surface area (Å²) in [6.45, 7) is 2.36. The third-order valence-corrected chi connectivity index (χ3v) is 5.27. The van der Waals surface area contributed by atoms with Crippen molar-refractivity contribution in [1.82, 2.24) is 4.90 Å². The molecular weight excluding hydrogens is 427 g/mol. The first kappa shape index (κ1) is 18.5. The summed E-state index contributed by atoms with van der Waals surface area (Å²) in [6.07, 6.45) is -1.15. The Bertz CT molecular complexity index is 779. The molecule has 1 aliphatic rings. The number of anilines is 1. The minimum Gasteiger partial charge on any atom is -0.378 e. The molecule has 0 saturated carbocycles. The number of benzene rings is 2. The lowest BCUT2D eigenvalue weighted by atomic mass is 10.1. The van der Waals surface area contributed by atoms with Gasteiger partial charge in [-0.1, -0.05) is 51.3 Å². The Kier molecular flexibility index (Phi) is 5.89. The molecule has 1 unspecified atom stereocenters. The van der Waals surface area contributed by atoms with E-state index in [4.69, 9.17) is 23.2 Å². The van der Waals surface area contributed by atoms with Gasteiger partial charge in [0.15, 0.2) is 6.10 Å². The number of aliphatic hydroxyl groups excluding tert-OH is 1. The van der Waals surface area contributed by atoms with Gasteiger partial charge in [-0.2, -0.15) is 0 Å². The smallest absolute Gasteiger partial charge is 0.256 e. The fourth-order valence-corrected chi connectivity index (χ4v) is 3.84. The van der Waals surface area contributed by atoms with E-state index < -0.39 is 6.10 Å². The van der Waals surface area contributed by atoms with E-state index in [0.29, 0.717) is 41.8 Å². The number of carbonyl (C=O) groups is 1. The minimum absolute atomic E-state index is 0.278. The quantitative estimate of drug-likeness (QED) is 0.775. The summed E-state index contributed by atoms with van der Waals surface area (Å²) < 4.78 is 0.832. The van der Waals surface area contributed by atoms with E-state index in [1.807, 2.05) is 12.1 Å². The topological polar surface area (TPSA) is 43.8 Å². The molecule has 1 N–H and O–H groups in total. The standard InChI is InChI=1S/C18H17BrCl2N2O2/c19-13-3-1-2-12(10-13)17(24)18(25)23-8-6-22(7-9-23)16-5-4-14(20)11-15(16)21/h1-5,10-11,17,24H,6-9H2.